The minimum atomic E-state index is -3.09. The molecule has 0 spiro atoms. The summed E-state index contributed by atoms with van der Waals surface area (Å²) in [7, 11) is -3.09. The predicted molar refractivity (Wildman–Crippen MR) is 76.2 cm³/mol. The Kier molecular flexibility index (Phi) is 3.24. The third-order valence-electron chi connectivity index (χ3n) is 4.07. The summed E-state index contributed by atoms with van der Waals surface area (Å²) in [5.74, 6) is -1.64. The third kappa shape index (κ3) is 2.53. The molecule has 2 heterocycles. The molecule has 0 aliphatic carbocycles. The maximum absolute atomic E-state index is 12.5. The molecule has 6 nitrogen and oxygen atoms in total. The van der Waals surface area contributed by atoms with Crippen LogP contribution in [-0.4, -0.2) is 43.5 Å². The average Bonchev–Trinajstić information content (AvgIpc) is 3.00. The lowest BCUT2D eigenvalue weighted by molar-refractivity contribution is -0.121. The highest BCUT2D eigenvalue weighted by Crippen LogP contribution is 2.32. The second-order valence-electron chi connectivity index (χ2n) is 5.49. The lowest BCUT2D eigenvalue weighted by Crippen LogP contribution is -2.35. The minimum Gasteiger partial charge on any atom is -0.478 e. The van der Waals surface area contributed by atoms with E-state index in [2.05, 4.69) is 0 Å². The first-order valence-electron chi connectivity index (χ1n) is 6.75. The van der Waals surface area contributed by atoms with E-state index in [9.17, 15) is 18.0 Å². The Morgan fingerprint density at radius 1 is 1.29 bits per heavy atom. The monoisotopic (exact) mass is 309 g/mol. The molecular weight excluding hydrogens is 294 g/mol. The molecule has 1 aromatic rings. The number of hydrogen-bond acceptors (Lipinski definition) is 4. The number of sulfone groups is 1. The van der Waals surface area contributed by atoms with Gasteiger partial charge in [0.1, 0.15) is 0 Å². The van der Waals surface area contributed by atoms with Crippen LogP contribution < -0.4 is 4.90 Å². The highest BCUT2D eigenvalue weighted by atomic mass is 32.2. The first-order valence-corrected chi connectivity index (χ1v) is 8.57. The van der Waals surface area contributed by atoms with Crippen molar-refractivity contribution in [3.8, 4) is 0 Å². The second kappa shape index (κ2) is 4.84. The molecule has 1 aromatic carbocycles. The SMILES string of the molecule is O=C(O)c1ccc2c(c1)CCN2C(=O)C1CCS(=O)(=O)C1. The Morgan fingerprint density at radius 3 is 2.67 bits per heavy atom. The van der Waals surface area contributed by atoms with Crippen molar-refractivity contribution in [2.24, 2.45) is 5.92 Å². The van der Waals surface area contributed by atoms with Gasteiger partial charge in [0.15, 0.2) is 9.84 Å². The van der Waals surface area contributed by atoms with Gasteiger partial charge in [0.05, 0.1) is 23.0 Å². The van der Waals surface area contributed by atoms with Gasteiger partial charge in [-0.25, -0.2) is 13.2 Å². The van der Waals surface area contributed by atoms with Crippen molar-refractivity contribution in [3.63, 3.8) is 0 Å². The zero-order valence-corrected chi connectivity index (χ0v) is 12.1. The van der Waals surface area contributed by atoms with Crippen molar-refractivity contribution in [2.45, 2.75) is 12.8 Å². The molecule has 2 aliphatic rings. The largest absolute Gasteiger partial charge is 0.478 e. The summed E-state index contributed by atoms with van der Waals surface area (Å²) in [6.45, 7) is 0.480. The zero-order chi connectivity index (χ0) is 15.2. The number of nitrogens with zero attached hydrogens (tertiary/aromatic N) is 1. The molecule has 1 fully saturated rings. The van der Waals surface area contributed by atoms with E-state index in [-0.39, 0.29) is 23.0 Å². The molecule has 3 rings (SSSR count). The molecule has 1 N–H and O–H groups in total. The van der Waals surface area contributed by atoms with Crippen molar-refractivity contribution in [2.75, 3.05) is 23.0 Å². The van der Waals surface area contributed by atoms with Crippen molar-refractivity contribution < 1.29 is 23.1 Å². The van der Waals surface area contributed by atoms with Crippen molar-refractivity contribution in [3.05, 3.63) is 29.3 Å². The predicted octanol–water partition coefficient (Wildman–Crippen LogP) is 0.709. The number of aromatic carboxylic acids is 1. The average molecular weight is 309 g/mol. The quantitative estimate of drug-likeness (QED) is 0.868. The Bertz CT molecular complexity index is 725. The molecule has 1 atom stereocenters. The van der Waals surface area contributed by atoms with Gasteiger partial charge in [0.2, 0.25) is 5.91 Å². The van der Waals surface area contributed by atoms with Crippen molar-refractivity contribution in [1.29, 1.82) is 0 Å². The highest BCUT2D eigenvalue weighted by molar-refractivity contribution is 7.91. The smallest absolute Gasteiger partial charge is 0.335 e. The minimum absolute atomic E-state index is 0.0715. The fourth-order valence-corrected chi connectivity index (χ4v) is 4.71. The molecule has 7 heteroatoms. The van der Waals surface area contributed by atoms with E-state index in [0.29, 0.717) is 25.1 Å². The Hall–Kier alpha value is -1.89. The molecule has 112 valence electrons. The summed E-state index contributed by atoms with van der Waals surface area (Å²) in [5.41, 5.74) is 1.73. The number of anilines is 1. The number of carbonyl (C=O) groups excluding carboxylic acids is 1. The number of carbonyl (C=O) groups is 2. The number of carboxylic acid groups (broad SMARTS) is 1. The van der Waals surface area contributed by atoms with Gasteiger partial charge >= 0.3 is 5.97 Å². The van der Waals surface area contributed by atoms with Crippen LogP contribution in [-0.2, 0) is 21.1 Å². The van der Waals surface area contributed by atoms with Crippen LogP contribution in [0.3, 0.4) is 0 Å². The van der Waals surface area contributed by atoms with Crippen molar-refractivity contribution >= 4 is 27.4 Å². The number of hydrogen-bond donors (Lipinski definition) is 1. The van der Waals surface area contributed by atoms with Gasteiger partial charge in [-0.15, -0.1) is 0 Å². The van der Waals surface area contributed by atoms with E-state index in [1.807, 2.05) is 0 Å². The maximum Gasteiger partial charge on any atom is 0.335 e. The zero-order valence-electron chi connectivity index (χ0n) is 11.3. The summed E-state index contributed by atoms with van der Waals surface area (Å²) in [6.07, 6.45) is 0.974. The molecule has 1 unspecified atom stereocenters. The molecule has 2 aliphatic heterocycles. The fraction of sp³-hybridized carbons (Fsp3) is 0.429. The highest BCUT2D eigenvalue weighted by Gasteiger charge is 2.37. The molecule has 0 bridgehead atoms. The van der Waals surface area contributed by atoms with E-state index >= 15 is 0 Å². The number of rotatable bonds is 2. The Morgan fingerprint density at radius 2 is 2.05 bits per heavy atom. The first kappa shape index (κ1) is 14.1. The molecule has 21 heavy (non-hydrogen) atoms. The van der Waals surface area contributed by atoms with Gasteiger partial charge in [0.25, 0.3) is 0 Å². The fourth-order valence-electron chi connectivity index (χ4n) is 2.97. The van der Waals surface area contributed by atoms with Crippen LogP contribution in [0.15, 0.2) is 18.2 Å². The number of amides is 1. The van der Waals surface area contributed by atoms with E-state index in [0.717, 1.165) is 5.56 Å². The van der Waals surface area contributed by atoms with Gasteiger partial charge in [-0.2, -0.15) is 0 Å². The summed E-state index contributed by atoms with van der Waals surface area (Å²) in [6, 6.07) is 4.68. The molecule has 1 amide bonds. The van der Waals surface area contributed by atoms with Crippen LogP contribution in [0.4, 0.5) is 5.69 Å². The summed E-state index contributed by atoms with van der Waals surface area (Å²) < 4.78 is 23.0. The molecule has 0 aromatic heterocycles. The van der Waals surface area contributed by atoms with Crippen LogP contribution in [0, 0.1) is 5.92 Å². The van der Waals surface area contributed by atoms with Gasteiger partial charge in [-0.1, -0.05) is 0 Å². The lowest BCUT2D eigenvalue weighted by Gasteiger charge is -2.20. The maximum atomic E-state index is 12.5. The third-order valence-corrected chi connectivity index (χ3v) is 5.84. The van der Waals surface area contributed by atoms with E-state index in [4.69, 9.17) is 5.11 Å². The van der Waals surface area contributed by atoms with Crippen LogP contribution in [0.25, 0.3) is 0 Å². The molecule has 1 saturated heterocycles. The van der Waals surface area contributed by atoms with Crippen LogP contribution in [0.1, 0.15) is 22.3 Å². The number of carboxylic acids is 1. The summed E-state index contributed by atoms with van der Waals surface area (Å²) >= 11 is 0. The van der Waals surface area contributed by atoms with E-state index < -0.39 is 21.7 Å². The van der Waals surface area contributed by atoms with Crippen LogP contribution in [0.5, 0.6) is 0 Å². The molecule has 0 radical (unpaired) electrons. The van der Waals surface area contributed by atoms with Gasteiger partial charge in [-0.3, -0.25) is 4.79 Å². The standard InChI is InChI=1S/C14H15NO5S/c16-13(11-4-6-21(19,20)8-11)15-5-3-9-7-10(14(17)18)1-2-12(9)15/h1-2,7,11H,3-6,8H2,(H,17,18). The molecule has 0 saturated carbocycles. The second-order valence-corrected chi connectivity index (χ2v) is 7.72. The summed E-state index contributed by atoms with van der Waals surface area (Å²) in [5, 5.41) is 8.97. The first-order chi connectivity index (χ1) is 9.87. The Balaban J connectivity index is 1.84. The van der Waals surface area contributed by atoms with Gasteiger partial charge in [-0.05, 0) is 36.6 Å². The van der Waals surface area contributed by atoms with Gasteiger partial charge < -0.3 is 10.0 Å². The summed E-state index contributed by atoms with van der Waals surface area (Å²) in [4.78, 5) is 25.0. The van der Waals surface area contributed by atoms with Crippen LogP contribution in [0.2, 0.25) is 0 Å². The van der Waals surface area contributed by atoms with E-state index in [1.165, 1.54) is 6.07 Å². The Labute approximate surface area is 122 Å². The number of fused-ring (bicyclic) bond motifs is 1. The topological polar surface area (TPSA) is 91.8 Å². The lowest BCUT2D eigenvalue weighted by atomic mass is 10.1. The number of benzene rings is 1. The van der Waals surface area contributed by atoms with Crippen molar-refractivity contribution in [1.82, 2.24) is 0 Å². The molecular formula is C14H15NO5S. The van der Waals surface area contributed by atoms with Gasteiger partial charge in [0, 0.05) is 12.2 Å². The normalized spacial score (nSPS) is 23.0. The van der Waals surface area contributed by atoms with E-state index in [1.54, 1.807) is 17.0 Å². The van der Waals surface area contributed by atoms with Crippen LogP contribution >= 0.6 is 0 Å².